The monoisotopic (exact) mass is 368 g/mol. The van der Waals surface area contributed by atoms with Crippen LogP contribution in [0, 0.1) is 0 Å². The number of amides is 2. The third-order valence-corrected chi connectivity index (χ3v) is 4.17. The Bertz CT molecular complexity index is 896. The number of aromatic nitrogens is 2. The van der Waals surface area contributed by atoms with Gasteiger partial charge in [0.25, 0.3) is 0 Å². The number of nitrogens with zero attached hydrogens (tertiary/aromatic N) is 2. The lowest BCUT2D eigenvalue weighted by Crippen LogP contribution is -2.41. The van der Waals surface area contributed by atoms with Crippen molar-refractivity contribution in [2.75, 3.05) is 18.4 Å². The molecule has 2 aliphatic heterocycles. The van der Waals surface area contributed by atoms with Gasteiger partial charge in [0.1, 0.15) is 0 Å². The number of piperidine rings is 1. The second-order valence-electron chi connectivity index (χ2n) is 6.00. The Morgan fingerprint density at radius 2 is 2.15 bits per heavy atom. The van der Waals surface area contributed by atoms with Gasteiger partial charge in [-0.15, -0.1) is 13.9 Å². The molecule has 2 N–H and O–H groups in total. The molecule has 0 spiro atoms. The third-order valence-electron chi connectivity index (χ3n) is 4.17. The van der Waals surface area contributed by atoms with E-state index in [4.69, 9.17) is 4.42 Å². The van der Waals surface area contributed by atoms with E-state index < -0.39 is 18.1 Å². The van der Waals surface area contributed by atoms with Crippen LogP contribution in [0.15, 0.2) is 27.4 Å². The normalized spacial score (nSPS) is 20.8. The molecule has 3 heterocycles. The van der Waals surface area contributed by atoms with Crippen molar-refractivity contribution < 1.29 is 27.5 Å². The molecule has 2 aliphatic rings. The summed E-state index contributed by atoms with van der Waals surface area (Å²) in [5.74, 6) is -0.817. The highest BCUT2D eigenvalue weighted by Crippen LogP contribution is 2.42. The molecule has 0 bridgehead atoms. The van der Waals surface area contributed by atoms with E-state index in [-0.39, 0.29) is 23.3 Å². The zero-order chi connectivity index (χ0) is 18.3. The number of H-pyrrole nitrogens is 1. The van der Waals surface area contributed by atoms with E-state index >= 15 is 0 Å². The number of nitrogens with one attached hydrogen (secondary N) is 2. The lowest BCUT2D eigenvalue weighted by Gasteiger charge is -2.31. The van der Waals surface area contributed by atoms with Gasteiger partial charge in [0, 0.05) is 24.8 Å². The fourth-order valence-corrected chi connectivity index (χ4v) is 3.01. The average molecular weight is 368 g/mol. The Morgan fingerprint density at radius 1 is 1.35 bits per heavy atom. The van der Waals surface area contributed by atoms with Gasteiger partial charge in [0.2, 0.25) is 5.89 Å². The van der Waals surface area contributed by atoms with Crippen molar-refractivity contribution in [3.05, 3.63) is 34.6 Å². The largest absolute Gasteiger partial charge is 0.586 e. The van der Waals surface area contributed by atoms with Gasteiger partial charge in [-0.3, -0.25) is 0 Å². The minimum atomic E-state index is -3.71. The Kier molecular flexibility index (Phi) is 3.78. The maximum Gasteiger partial charge on any atom is 0.586 e. The van der Waals surface area contributed by atoms with Crippen LogP contribution in [0.4, 0.5) is 19.3 Å². The number of rotatable bonds is 2. The van der Waals surface area contributed by atoms with E-state index in [9.17, 15) is 18.4 Å². The Hall–Kier alpha value is -3.11. The molecule has 0 aliphatic carbocycles. The van der Waals surface area contributed by atoms with Gasteiger partial charge in [-0.2, -0.15) is 0 Å². The molecule has 26 heavy (non-hydrogen) atoms. The maximum atomic E-state index is 13.0. The molecule has 0 radical (unpaired) electrons. The van der Waals surface area contributed by atoms with Crippen LogP contribution in [0.2, 0.25) is 0 Å². The van der Waals surface area contributed by atoms with Gasteiger partial charge in [-0.05, 0) is 25.0 Å². The smallest absolute Gasteiger partial charge is 0.395 e. The Balaban J connectivity index is 1.43. The number of aromatic amines is 1. The number of urea groups is 1. The molecule has 2 amide bonds. The summed E-state index contributed by atoms with van der Waals surface area (Å²) < 4.78 is 39.7. The number of fused-ring (bicyclic) bond motifs is 1. The van der Waals surface area contributed by atoms with E-state index in [0.29, 0.717) is 25.2 Å². The van der Waals surface area contributed by atoms with Crippen LogP contribution in [-0.2, 0) is 0 Å². The van der Waals surface area contributed by atoms with E-state index in [1.807, 2.05) is 0 Å². The fourth-order valence-electron chi connectivity index (χ4n) is 3.01. The number of carbonyl (C=O) groups excluding carboxylic acids is 1. The Labute approximate surface area is 144 Å². The quantitative estimate of drug-likeness (QED) is 0.840. The predicted octanol–water partition coefficient (Wildman–Crippen LogP) is 2.10. The van der Waals surface area contributed by atoms with Crippen molar-refractivity contribution in [1.29, 1.82) is 0 Å². The van der Waals surface area contributed by atoms with Crippen LogP contribution in [0.25, 0.3) is 0 Å². The highest BCUT2D eigenvalue weighted by atomic mass is 19.3. The van der Waals surface area contributed by atoms with E-state index in [1.54, 1.807) is 4.90 Å². The number of halogens is 2. The molecule has 0 saturated carbocycles. The summed E-state index contributed by atoms with van der Waals surface area (Å²) in [7, 11) is 0. The molecule has 1 fully saturated rings. The summed E-state index contributed by atoms with van der Waals surface area (Å²) >= 11 is 0. The third kappa shape index (κ3) is 3.19. The number of anilines is 1. The van der Waals surface area contributed by atoms with Crippen molar-refractivity contribution in [1.82, 2.24) is 15.1 Å². The lowest BCUT2D eigenvalue weighted by molar-refractivity contribution is -0.286. The van der Waals surface area contributed by atoms with Crippen LogP contribution in [0.3, 0.4) is 0 Å². The second-order valence-corrected chi connectivity index (χ2v) is 6.00. The topological polar surface area (TPSA) is 110 Å². The standard InChI is InChI=1S/C15H14F2N4O5/c16-15(17)25-10-4-3-9(6-11(10)26-15)18-13(22)21-5-1-2-8(7-21)12-19-20-14(23)24-12/h3-4,6,8H,1-2,5,7H2,(H,18,22)(H,20,23). The predicted molar refractivity (Wildman–Crippen MR) is 82.3 cm³/mol. The van der Waals surface area contributed by atoms with Crippen molar-refractivity contribution in [3.8, 4) is 11.5 Å². The number of ether oxygens (including phenoxy) is 2. The second kappa shape index (κ2) is 6.00. The van der Waals surface area contributed by atoms with E-state index in [0.717, 1.165) is 6.42 Å². The molecule has 1 atom stereocenters. The molecule has 1 unspecified atom stereocenters. The molecule has 4 rings (SSSR count). The van der Waals surface area contributed by atoms with Crippen molar-refractivity contribution in [3.63, 3.8) is 0 Å². The molecule has 1 aromatic heterocycles. The van der Waals surface area contributed by atoms with Crippen LogP contribution in [-0.4, -0.2) is 40.5 Å². The molecule has 1 saturated heterocycles. The molecule has 1 aromatic carbocycles. The van der Waals surface area contributed by atoms with Crippen LogP contribution in [0.5, 0.6) is 11.5 Å². The number of carbonyl (C=O) groups is 1. The minimum absolute atomic E-state index is 0.0976. The molecule has 138 valence electrons. The summed E-state index contributed by atoms with van der Waals surface area (Å²) in [5.41, 5.74) is 0.295. The fraction of sp³-hybridized carbons (Fsp3) is 0.400. The molecule has 9 nitrogen and oxygen atoms in total. The summed E-state index contributed by atoms with van der Waals surface area (Å²) in [5, 5.41) is 8.64. The first-order chi connectivity index (χ1) is 12.4. The zero-order valence-corrected chi connectivity index (χ0v) is 13.3. The first kappa shape index (κ1) is 16.4. The van der Waals surface area contributed by atoms with Gasteiger partial charge in [0.05, 0.1) is 5.92 Å². The number of hydrogen-bond donors (Lipinski definition) is 2. The molecular weight excluding hydrogens is 354 g/mol. The number of hydrogen-bond acceptors (Lipinski definition) is 6. The molecule has 2 aromatic rings. The number of likely N-dealkylation sites (tertiary alicyclic amines) is 1. The van der Waals surface area contributed by atoms with Gasteiger partial charge in [-0.25, -0.2) is 14.7 Å². The summed E-state index contributed by atoms with van der Waals surface area (Å²) in [6.45, 7) is 0.835. The SMILES string of the molecule is O=C(Nc1ccc2c(c1)OC(F)(F)O2)N1CCCC(c2n[nH]c(=O)o2)C1. The average Bonchev–Trinajstić information content (AvgIpc) is 3.16. The van der Waals surface area contributed by atoms with Gasteiger partial charge in [0.15, 0.2) is 11.5 Å². The molecular formula is C15H14F2N4O5. The van der Waals surface area contributed by atoms with Gasteiger partial charge in [-0.1, -0.05) is 0 Å². The van der Waals surface area contributed by atoms with E-state index in [2.05, 4.69) is 25.0 Å². The van der Waals surface area contributed by atoms with Crippen molar-refractivity contribution in [2.45, 2.75) is 25.1 Å². The summed E-state index contributed by atoms with van der Waals surface area (Å²) in [6, 6.07) is 3.60. The maximum absolute atomic E-state index is 13.0. The van der Waals surface area contributed by atoms with Gasteiger partial charge < -0.3 is 24.1 Å². The van der Waals surface area contributed by atoms with E-state index in [1.165, 1.54) is 18.2 Å². The lowest BCUT2D eigenvalue weighted by atomic mass is 9.98. The first-order valence-corrected chi connectivity index (χ1v) is 7.91. The highest BCUT2D eigenvalue weighted by molar-refractivity contribution is 5.89. The number of benzene rings is 1. The van der Waals surface area contributed by atoms with Crippen LogP contribution >= 0.6 is 0 Å². The Morgan fingerprint density at radius 3 is 2.92 bits per heavy atom. The minimum Gasteiger partial charge on any atom is -0.395 e. The first-order valence-electron chi connectivity index (χ1n) is 7.91. The summed E-state index contributed by atoms with van der Waals surface area (Å²) in [4.78, 5) is 25.1. The zero-order valence-electron chi connectivity index (χ0n) is 13.3. The highest BCUT2D eigenvalue weighted by Gasteiger charge is 2.43. The van der Waals surface area contributed by atoms with Crippen molar-refractivity contribution >= 4 is 11.7 Å². The van der Waals surface area contributed by atoms with Crippen LogP contribution < -0.4 is 20.5 Å². The van der Waals surface area contributed by atoms with Gasteiger partial charge >= 0.3 is 18.1 Å². The molecule has 11 heteroatoms. The number of alkyl halides is 2. The van der Waals surface area contributed by atoms with Crippen molar-refractivity contribution in [2.24, 2.45) is 0 Å². The van der Waals surface area contributed by atoms with Crippen LogP contribution in [0.1, 0.15) is 24.7 Å². The summed E-state index contributed by atoms with van der Waals surface area (Å²) in [6.07, 6.45) is -2.27.